The zero-order valence-electron chi connectivity index (χ0n) is 16.0. The molecule has 0 aliphatic carbocycles. The summed E-state index contributed by atoms with van der Waals surface area (Å²) in [6.07, 6.45) is 0. The fourth-order valence-corrected chi connectivity index (χ4v) is 4.85. The first-order chi connectivity index (χ1) is 14.8. The fraction of sp³-hybridized carbons (Fsp3) is 0. The highest BCUT2D eigenvalue weighted by molar-refractivity contribution is 7.92. The van der Waals surface area contributed by atoms with E-state index in [1.54, 1.807) is 36.4 Å². The summed E-state index contributed by atoms with van der Waals surface area (Å²) in [5.74, 6) is -0.362. The molecule has 4 aromatic carbocycles. The summed E-state index contributed by atoms with van der Waals surface area (Å²) >= 11 is 12.1. The van der Waals surface area contributed by atoms with E-state index in [0.717, 1.165) is 10.8 Å². The molecule has 0 saturated carbocycles. The summed E-state index contributed by atoms with van der Waals surface area (Å²) in [4.78, 5) is 12.5. The van der Waals surface area contributed by atoms with Gasteiger partial charge < -0.3 is 5.32 Å². The van der Waals surface area contributed by atoms with Gasteiger partial charge in [-0.3, -0.25) is 9.52 Å². The second-order valence-corrected chi connectivity index (χ2v) is 9.27. The summed E-state index contributed by atoms with van der Waals surface area (Å²) in [5, 5.41) is 5.09. The Bertz CT molecular complexity index is 1410. The third-order valence-corrected chi connectivity index (χ3v) is 6.67. The highest BCUT2D eigenvalue weighted by Gasteiger charge is 2.20. The number of carbonyl (C=O) groups is 1. The number of sulfonamides is 1. The van der Waals surface area contributed by atoms with Gasteiger partial charge in [-0.05, 0) is 59.3 Å². The van der Waals surface area contributed by atoms with E-state index in [1.165, 1.54) is 18.2 Å². The molecule has 0 spiro atoms. The Morgan fingerprint density at radius 3 is 2.29 bits per heavy atom. The minimum Gasteiger partial charge on any atom is -0.322 e. The number of fused-ring (bicyclic) bond motifs is 1. The monoisotopic (exact) mass is 470 g/mol. The van der Waals surface area contributed by atoms with Crippen molar-refractivity contribution in [1.82, 2.24) is 0 Å². The SMILES string of the molecule is O=C(Nc1ccc(Cl)c(S(=O)(=O)Nc2cccc(Cl)c2)c1)c1ccc2ccccc2c1. The first kappa shape index (κ1) is 21.2. The molecule has 0 aliphatic heterocycles. The molecule has 156 valence electrons. The standard InChI is InChI=1S/C23H16Cl2N2O3S/c24-18-6-3-7-20(13-18)27-31(29,30)22-14-19(10-11-21(22)25)26-23(28)17-9-8-15-4-1-2-5-16(15)12-17/h1-14,27H,(H,26,28). The molecular formula is C23H16Cl2N2O3S. The molecule has 4 rings (SSSR count). The van der Waals surface area contributed by atoms with Crippen LogP contribution in [0.5, 0.6) is 0 Å². The molecular weight excluding hydrogens is 455 g/mol. The lowest BCUT2D eigenvalue weighted by Gasteiger charge is -2.12. The van der Waals surface area contributed by atoms with E-state index >= 15 is 0 Å². The van der Waals surface area contributed by atoms with Gasteiger partial charge >= 0.3 is 0 Å². The van der Waals surface area contributed by atoms with Crippen LogP contribution >= 0.6 is 23.2 Å². The Hall–Kier alpha value is -3.06. The molecule has 0 heterocycles. The lowest BCUT2D eigenvalue weighted by molar-refractivity contribution is 0.102. The molecule has 1 amide bonds. The number of carbonyl (C=O) groups excluding carboxylic acids is 1. The highest BCUT2D eigenvalue weighted by atomic mass is 35.5. The van der Waals surface area contributed by atoms with E-state index in [0.29, 0.717) is 22.0 Å². The van der Waals surface area contributed by atoms with Crippen LogP contribution in [0.1, 0.15) is 10.4 Å². The van der Waals surface area contributed by atoms with Gasteiger partial charge in [-0.1, -0.05) is 59.6 Å². The Labute approximate surface area is 189 Å². The van der Waals surface area contributed by atoms with Crippen LogP contribution in [-0.4, -0.2) is 14.3 Å². The first-order valence-electron chi connectivity index (χ1n) is 9.20. The highest BCUT2D eigenvalue weighted by Crippen LogP contribution is 2.28. The van der Waals surface area contributed by atoms with Gasteiger partial charge in [0.15, 0.2) is 0 Å². The maximum absolute atomic E-state index is 12.8. The van der Waals surface area contributed by atoms with E-state index in [4.69, 9.17) is 23.2 Å². The van der Waals surface area contributed by atoms with Crippen molar-refractivity contribution in [3.8, 4) is 0 Å². The zero-order chi connectivity index (χ0) is 22.0. The molecule has 0 atom stereocenters. The Balaban J connectivity index is 1.60. The molecule has 0 radical (unpaired) electrons. The van der Waals surface area contributed by atoms with Crippen LogP contribution in [0.25, 0.3) is 10.8 Å². The molecule has 0 saturated heterocycles. The van der Waals surface area contributed by atoms with Gasteiger partial charge in [-0.25, -0.2) is 8.42 Å². The quantitative estimate of drug-likeness (QED) is 0.364. The maximum atomic E-state index is 12.8. The molecule has 31 heavy (non-hydrogen) atoms. The number of amides is 1. The van der Waals surface area contributed by atoms with Crippen molar-refractivity contribution in [2.24, 2.45) is 0 Å². The van der Waals surface area contributed by atoms with E-state index < -0.39 is 10.0 Å². The van der Waals surface area contributed by atoms with Gasteiger partial charge in [0.25, 0.3) is 15.9 Å². The number of hydrogen-bond donors (Lipinski definition) is 2. The third-order valence-electron chi connectivity index (χ3n) is 4.57. The van der Waals surface area contributed by atoms with Crippen LogP contribution in [0.2, 0.25) is 10.0 Å². The summed E-state index contributed by atoms with van der Waals surface area (Å²) in [7, 11) is -4.00. The Morgan fingerprint density at radius 2 is 1.52 bits per heavy atom. The van der Waals surface area contributed by atoms with E-state index in [2.05, 4.69) is 10.0 Å². The normalized spacial score (nSPS) is 11.3. The minimum atomic E-state index is -4.00. The summed E-state index contributed by atoms with van der Waals surface area (Å²) in [6, 6.07) is 23.6. The van der Waals surface area contributed by atoms with Crippen LogP contribution < -0.4 is 10.0 Å². The number of benzene rings is 4. The molecule has 5 nitrogen and oxygen atoms in total. The molecule has 8 heteroatoms. The molecule has 0 unspecified atom stereocenters. The van der Waals surface area contributed by atoms with Gasteiger partial charge in [0.2, 0.25) is 0 Å². The average molecular weight is 471 g/mol. The molecule has 0 fully saturated rings. The summed E-state index contributed by atoms with van der Waals surface area (Å²) in [6.45, 7) is 0. The van der Waals surface area contributed by atoms with Crippen molar-refractivity contribution in [3.05, 3.63) is 101 Å². The van der Waals surface area contributed by atoms with Crippen LogP contribution in [0.4, 0.5) is 11.4 Å². The van der Waals surface area contributed by atoms with Crippen LogP contribution in [0, 0.1) is 0 Å². The first-order valence-corrected chi connectivity index (χ1v) is 11.4. The van der Waals surface area contributed by atoms with Gasteiger partial charge in [0, 0.05) is 16.3 Å². The van der Waals surface area contributed by atoms with Crippen molar-refractivity contribution in [2.75, 3.05) is 10.0 Å². The number of halogens is 2. The van der Waals surface area contributed by atoms with Crippen molar-refractivity contribution in [1.29, 1.82) is 0 Å². The van der Waals surface area contributed by atoms with Crippen molar-refractivity contribution < 1.29 is 13.2 Å². The predicted molar refractivity (Wildman–Crippen MR) is 126 cm³/mol. The Kier molecular flexibility index (Phi) is 5.87. The molecule has 4 aromatic rings. The van der Waals surface area contributed by atoms with Crippen LogP contribution in [-0.2, 0) is 10.0 Å². The predicted octanol–water partition coefficient (Wildman–Crippen LogP) is 6.20. The van der Waals surface area contributed by atoms with E-state index in [9.17, 15) is 13.2 Å². The lowest BCUT2D eigenvalue weighted by atomic mass is 10.1. The van der Waals surface area contributed by atoms with E-state index in [1.807, 2.05) is 30.3 Å². The van der Waals surface area contributed by atoms with Gasteiger partial charge in [0.1, 0.15) is 4.90 Å². The molecule has 0 bridgehead atoms. The van der Waals surface area contributed by atoms with Crippen molar-refractivity contribution >= 4 is 61.3 Å². The number of anilines is 2. The largest absolute Gasteiger partial charge is 0.322 e. The van der Waals surface area contributed by atoms with Crippen LogP contribution in [0.3, 0.4) is 0 Å². The maximum Gasteiger partial charge on any atom is 0.263 e. The van der Waals surface area contributed by atoms with Crippen molar-refractivity contribution in [2.45, 2.75) is 4.90 Å². The zero-order valence-corrected chi connectivity index (χ0v) is 18.3. The second kappa shape index (κ2) is 8.59. The number of rotatable bonds is 5. The lowest BCUT2D eigenvalue weighted by Crippen LogP contribution is -2.15. The van der Waals surface area contributed by atoms with Gasteiger partial charge in [-0.2, -0.15) is 0 Å². The smallest absolute Gasteiger partial charge is 0.263 e. The average Bonchev–Trinajstić information content (AvgIpc) is 2.74. The second-order valence-electron chi connectivity index (χ2n) is 6.78. The Morgan fingerprint density at radius 1 is 0.742 bits per heavy atom. The van der Waals surface area contributed by atoms with Gasteiger partial charge in [0.05, 0.1) is 10.7 Å². The number of nitrogens with one attached hydrogen (secondary N) is 2. The van der Waals surface area contributed by atoms with E-state index in [-0.39, 0.29) is 15.8 Å². The fourth-order valence-electron chi connectivity index (χ4n) is 3.08. The topological polar surface area (TPSA) is 75.3 Å². The molecule has 0 aromatic heterocycles. The molecule has 0 aliphatic rings. The molecule has 2 N–H and O–H groups in total. The number of hydrogen-bond acceptors (Lipinski definition) is 3. The summed E-state index contributed by atoms with van der Waals surface area (Å²) in [5.41, 5.74) is 1.05. The third kappa shape index (κ3) is 4.82. The van der Waals surface area contributed by atoms with Crippen LogP contribution in [0.15, 0.2) is 89.8 Å². The van der Waals surface area contributed by atoms with Crippen molar-refractivity contribution in [3.63, 3.8) is 0 Å². The summed E-state index contributed by atoms with van der Waals surface area (Å²) < 4.78 is 28.1. The van der Waals surface area contributed by atoms with Gasteiger partial charge in [-0.15, -0.1) is 0 Å². The minimum absolute atomic E-state index is 0.0261.